The quantitative estimate of drug-likeness (QED) is 0.638. The molecule has 0 amide bonds. The highest BCUT2D eigenvalue weighted by molar-refractivity contribution is 4.82. The van der Waals surface area contributed by atoms with Crippen LogP contribution >= 0.6 is 0 Å². The number of nitrogens with zero attached hydrogens (tertiary/aromatic N) is 1. The summed E-state index contributed by atoms with van der Waals surface area (Å²) in [6, 6.07) is 1.46. The zero-order chi connectivity index (χ0) is 11.8. The van der Waals surface area contributed by atoms with Crippen LogP contribution < -0.4 is 5.32 Å². The van der Waals surface area contributed by atoms with E-state index >= 15 is 0 Å². The van der Waals surface area contributed by atoms with Crippen LogP contribution in [0.4, 0.5) is 0 Å². The molecule has 94 valence electrons. The van der Waals surface area contributed by atoms with Crippen molar-refractivity contribution in [3.8, 4) is 0 Å². The van der Waals surface area contributed by atoms with Crippen molar-refractivity contribution in [2.75, 3.05) is 19.6 Å². The maximum Gasteiger partial charge on any atom is 0.0221 e. The lowest BCUT2D eigenvalue weighted by Crippen LogP contribution is -2.41. The summed E-state index contributed by atoms with van der Waals surface area (Å²) in [7, 11) is 0. The molecular weight excluding hydrogens is 196 g/mol. The van der Waals surface area contributed by atoms with Crippen molar-refractivity contribution in [3.63, 3.8) is 0 Å². The fraction of sp³-hybridized carbons (Fsp3) is 0.857. The van der Waals surface area contributed by atoms with Gasteiger partial charge in [0, 0.05) is 18.6 Å². The van der Waals surface area contributed by atoms with Crippen LogP contribution in [0.2, 0.25) is 0 Å². The first kappa shape index (κ1) is 13.7. The molecular formula is C14H28N2. The van der Waals surface area contributed by atoms with Gasteiger partial charge in [-0.1, -0.05) is 19.9 Å². The molecule has 1 aliphatic rings. The molecule has 0 radical (unpaired) electrons. The molecule has 1 N–H and O–H groups in total. The standard InChI is InChI=1S/C14H28N2/c1-4-7-9-13(5-2)15-12-14-10-8-11-16(14)6-3/h4,13-15H,1,5-12H2,2-3H3. The second-order valence-corrected chi connectivity index (χ2v) is 4.80. The van der Waals surface area contributed by atoms with Crippen molar-refractivity contribution < 1.29 is 0 Å². The monoisotopic (exact) mass is 224 g/mol. The lowest BCUT2D eigenvalue weighted by atomic mass is 10.1. The van der Waals surface area contributed by atoms with Gasteiger partial charge in [0.05, 0.1) is 0 Å². The molecule has 2 nitrogen and oxygen atoms in total. The molecule has 2 heteroatoms. The van der Waals surface area contributed by atoms with E-state index in [9.17, 15) is 0 Å². The average molecular weight is 224 g/mol. The predicted molar refractivity (Wildman–Crippen MR) is 71.8 cm³/mol. The van der Waals surface area contributed by atoms with E-state index in [1.54, 1.807) is 0 Å². The van der Waals surface area contributed by atoms with Gasteiger partial charge in [-0.25, -0.2) is 0 Å². The van der Waals surface area contributed by atoms with E-state index in [0.717, 1.165) is 12.5 Å². The maximum atomic E-state index is 3.79. The van der Waals surface area contributed by atoms with Crippen molar-refractivity contribution >= 4 is 0 Å². The van der Waals surface area contributed by atoms with Crippen molar-refractivity contribution in [2.24, 2.45) is 0 Å². The predicted octanol–water partition coefficient (Wildman–Crippen LogP) is 2.81. The highest BCUT2D eigenvalue weighted by Gasteiger charge is 2.22. The average Bonchev–Trinajstić information content (AvgIpc) is 2.77. The Morgan fingerprint density at radius 3 is 2.94 bits per heavy atom. The summed E-state index contributed by atoms with van der Waals surface area (Å²) in [6.07, 6.45) is 8.37. The summed E-state index contributed by atoms with van der Waals surface area (Å²) < 4.78 is 0. The van der Waals surface area contributed by atoms with Gasteiger partial charge in [0.15, 0.2) is 0 Å². The molecule has 0 aliphatic carbocycles. The number of likely N-dealkylation sites (N-methyl/N-ethyl adjacent to an activating group) is 1. The van der Waals surface area contributed by atoms with Crippen molar-refractivity contribution in [1.82, 2.24) is 10.2 Å². The molecule has 0 spiro atoms. The summed E-state index contributed by atoms with van der Waals surface area (Å²) in [5, 5.41) is 3.72. The lowest BCUT2D eigenvalue weighted by molar-refractivity contribution is 0.251. The Labute approximate surface area is 101 Å². The van der Waals surface area contributed by atoms with E-state index in [2.05, 4.69) is 30.6 Å². The van der Waals surface area contributed by atoms with Crippen LogP contribution in [0, 0.1) is 0 Å². The lowest BCUT2D eigenvalue weighted by Gasteiger charge is -2.25. The van der Waals surface area contributed by atoms with E-state index in [4.69, 9.17) is 0 Å². The number of hydrogen-bond donors (Lipinski definition) is 1. The molecule has 0 aromatic heterocycles. The second-order valence-electron chi connectivity index (χ2n) is 4.80. The van der Waals surface area contributed by atoms with E-state index in [1.807, 2.05) is 6.08 Å². The summed E-state index contributed by atoms with van der Waals surface area (Å²) >= 11 is 0. The van der Waals surface area contributed by atoms with Gasteiger partial charge in [0.1, 0.15) is 0 Å². The number of hydrogen-bond acceptors (Lipinski definition) is 2. The summed E-state index contributed by atoms with van der Waals surface area (Å²) in [5.74, 6) is 0. The molecule has 2 atom stereocenters. The Bertz CT molecular complexity index is 191. The van der Waals surface area contributed by atoms with Crippen molar-refractivity contribution in [2.45, 2.75) is 58.0 Å². The summed E-state index contributed by atoms with van der Waals surface area (Å²) in [4.78, 5) is 2.60. The molecule has 0 saturated carbocycles. The molecule has 1 heterocycles. The topological polar surface area (TPSA) is 15.3 Å². The Balaban J connectivity index is 2.22. The molecule has 1 rings (SSSR count). The van der Waals surface area contributed by atoms with Crippen LogP contribution in [0.15, 0.2) is 12.7 Å². The third-order valence-electron chi connectivity index (χ3n) is 3.76. The third kappa shape index (κ3) is 4.26. The molecule has 2 unspecified atom stereocenters. The van der Waals surface area contributed by atoms with Crippen LogP contribution in [-0.2, 0) is 0 Å². The molecule has 1 fully saturated rings. The minimum atomic E-state index is 0.678. The Hall–Kier alpha value is -0.340. The van der Waals surface area contributed by atoms with E-state index in [0.29, 0.717) is 6.04 Å². The second kappa shape index (κ2) is 7.86. The van der Waals surface area contributed by atoms with Gasteiger partial charge < -0.3 is 5.32 Å². The maximum absolute atomic E-state index is 3.79. The fourth-order valence-electron chi connectivity index (χ4n) is 2.61. The fourth-order valence-corrected chi connectivity index (χ4v) is 2.61. The minimum absolute atomic E-state index is 0.678. The zero-order valence-corrected chi connectivity index (χ0v) is 11.0. The molecule has 0 bridgehead atoms. The number of nitrogens with one attached hydrogen (secondary N) is 1. The summed E-state index contributed by atoms with van der Waals surface area (Å²) in [6.45, 7) is 12.0. The number of rotatable bonds is 8. The molecule has 0 aromatic rings. The molecule has 16 heavy (non-hydrogen) atoms. The SMILES string of the molecule is C=CCCC(CC)NCC1CCCN1CC. The molecule has 1 aliphatic heterocycles. The Morgan fingerprint density at radius 2 is 2.31 bits per heavy atom. The first-order valence-corrected chi connectivity index (χ1v) is 6.90. The van der Waals surface area contributed by atoms with E-state index < -0.39 is 0 Å². The van der Waals surface area contributed by atoms with Gasteiger partial charge in [-0.3, -0.25) is 4.90 Å². The highest BCUT2D eigenvalue weighted by atomic mass is 15.2. The largest absolute Gasteiger partial charge is 0.312 e. The minimum Gasteiger partial charge on any atom is -0.312 e. The highest BCUT2D eigenvalue weighted by Crippen LogP contribution is 2.16. The van der Waals surface area contributed by atoms with Crippen LogP contribution in [0.25, 0.3) is 0 Å². The van der Waals surface area contributed by atoms with Crippen LogP contribution in [0.5, 0.6) is 0 Å². The van der Waals surface area contributed by atoms with Gasteiger partial charge >= 0.3 is 0 Å². The first-order valence-electron chi connectivity index (χ1n) is 6.90. The van der Waals surface area contributed by atoms with Gasteiger partial charge in [-0.05, 0) is 45.2 Å². The van der Waals surface area contributed by atoms with Crippen LogP contribution in [0.3, 0.4) is 0 Å². The number of allylic oxidation sites excluding steroid dienone is 1. The first-order chi connectivity index (χ1) is 7.81. The van der Waals surface area contributed by atoms with Gasteiger partial charge in [0.25, 0.3) is 0 Å². The van der Waals surface area contributed by atoms with E-state index in [-0.39, 0.29) is 0 Å². The van der Waals surface area contributed by atoms with Crippen LogP contribution in [-0.4, -0.2) is 36.6 Å². The Kier molecular flexibility index (Phi) is 6.74. The Morgan fingerprint density at radius 1 is 1.50 bits per heavy atom. The molecule has 0 aromatic carbocycles. The van der Waals surface area contributed by atoms with Gasteiger partial charge in [-0.15, -0.1) is 6.58 Å². The van der Waals surface area contributed by atoms with Gasteiger partial charge in [0.2, 0.25) is 0 Å². The van der Waals surface area contributed by atoms with Gasteiger partial charge in [-0.2, -0.15) is 0 Å². The normalized spacial score (nSPS) is 23.5. The third-order valence-corrected chi connectivity index (χ3v) is 3.76. The smallest absolute Gasteiger partial charge is 0.0221 e. The van der Waals surface area contributed by atoms with Crippen molar-refractivity contribution in [3.05, 3.63) is 12.7 Å². The number of likely N-dealkylation sites (tertiary alicyclic amines) is 1. The zero-order valence-electron chi connectivity index (χ0n) is 11.0. The van der Waals surface area contributed by atoms with Crippen molar-refractivity contribution in [1.29, 1.82) is 0 Å². The molecule has 1 saturated heterocycles. The van der Waals surface area contributed by atoms with E-state index in [1.165, 1.54) is 45.3 Å². The summed E-state index contributed by atoms with van der Waals surface area (Å²) in [5.41, 5.74) is 0. The van der Waals surface area contributed by atoms with Crippen LogP contribution in [0.1, 0.15) is 46.0 Å².